The Labute approximate surface area is 199 Å². The molecule has 162 valence electrons. The quantitative estimate of drug-likeness (QED) is 0.263. The highest BCUT2D eigenvalue weighted by Gasteiger charge is 2.16. The fourth-order valence-corrected chi connectivity index (χ4v) is 4.65. The van der Waals surface area contributed by atoms with E-state index in [-0.39, 0.29) is 0 Å². The molecule has 0 spiro atoms. The summed E-state index contributed by atoms with van der Waals surface area (Å²) in [5, 5.41) is 12.3. The van der Waals surface area contributed by atoms with Crippen LogP contribution in [0.4, 0.5) is 22.7 Å². The largest absolute Gasteiger partial charge is 0.354 e. The van der Waals surface area contributed by atoms with E-state index < -0.39 is 0 Å². The van der Waals surface area contributed by atoms with E-state index in [0.29, 0.717) is 0 Å². The number of nitrogens with one attached hydrogen (secondary N) is 2. The van der Waals surface area contributed by atoms with Crippen LogP contribution in [0, 0.1) is 0 Å². The Hall–Kier alpha value is -4.56. The Kier molecular flexibility index (Phi) is 5.17. The van der Waals surface area contributed by atoms with Crippen molar-refractivity contribution >= 4 is 44.3 Å². The summed E-state index contributed by atoms with van der Waals surface area (Å²) in [6.45, 7) is 0. The molecule has 6 aromatic carbocycles. The first kappa shape index (κ1) is 20.1. The van der Waals surface area contributed by atoms with Gasteiger partial charge in [-0.1, -0.05) is 97.1 Å². The average Bonchev–Trinajstić information content (AvgIpc) is 2.90. The summed E-state index contributed by atoms with van der Waals surface area (Å²) in [6, 6.07) is 46.7. The van der Waals surface area contributed by atoms with E-state index in [0.717, 1.165) is 28.3 Å². The Balaban J connectivity index is 1.64. The first-order valence-electron chi connectivity index (χ1n) is 11.5. The van der Waals surface area contributed by atoms with Gasteiger partial charge in [0.25, 0.3) is 0 Å². The minimum atomic E-state index is 1.03. The third kappa shape index (κ3) is 3.76. The number of rotatable bonds is 5. The van der Waals surface area contributed by atoms with Gasteiger partial charge in [-0.05, 0) is 63.5 Å². The normalized spacial score (nSPS) is 10.9. The van der Waals surface area contributed by atoms with Crippen molar-refractivity contribution in [3.8, 4) is 11.1 Å². The second-order valence-electron chi connectivity index (χ2n) is 8.40. The first-order valence-corrected chi connectivity index (χ1v) is 11.5. The summed E-state index contributed by atoms with van der Waals surface area (Å²) in [5.74, 6) is 0. The standard InChI is InChI=1S/C32H24N2/c1-3-14-25(15-4-1)33-30-21-11-20-29(32(30)34-26-16-5-2-6-17-26)31-27-18-9-7-12-23(27)22-24-13-8-10-19-28(24)31/h1-22,33-34H. The van der Waals surface area contributed by atoms with Crippen LogP contribution < -0.4 is 10.6 Å². The monoisotopic (exact) mass is 436 g/mol. The fourth-order valence-electron chi connectivity index (χ4n) is 4.65. The minimum absolute atomic E-state index is 1.03. The Morgan fingerprint density at radius 1 is 0.412 bits per heavy atom. The van der Waals surface area contributed by atoms with Gasteiger partial charge in [-0.3, -0.25) is 0 Å². The van der Waals surface area contributed by atoms with Gasteiger partial charge >= 0.3 is 0 Å². The summed E-state index contributed by atoms with van der Waals surface area (Å²) in [4.78, 5) is 0. The van der Waals surface area contributed by atoms with Crippen molar-refractivity contribution in [3.63, 3.8) is 0 Å². The maximum absolute atomic E-state index is 3.73. The van der Waals surface area contributed by atoms with Crippen LogP contribution in [0.2, 0.25) is 0 Å². The van der Waals surface area contributed by atoms with Crippen LogP contribution in [0.3, 0.4) is 0 Å². The third-order valence-corrected chi connectivity index (χ3v) is 6.20. The molecule has 0 unspecified atom stereocenters. The molecule has 0 aliphatic heterocycles. The summed E-state index contributed by atoms with van der Waals surface area (Å²) < 4.78 is 0. The molecule has 0 aliphatic carbocycles. The SMILES string of the molecule is c1ccc(Nc2cccc(-c3c4ccccc4cc4ccccc34)c2Nc2ccccc2)cc1. The zero-order valence-electron chi connectivity index (χ0n) is 18.7. The molecule has 2 nitrogen and oxygen atoms in total. The Morgan fingerprint density at radius 3 is 1.56 bits per heavy atom. The number of benzene rings is 6. The van der Waals surface area contributed by atoms with Crippen molar-refractivity contribution in [1.29, 1.82) is 0 Å². The molecule has 2 N–H and O–H groups in total. The third-order valence-electron chi connectivity index (χ3n) is 6.20. The fraction of sp³-hybridized carbons (Fsp3) is 0. The van der Waals surface area contributed by atoms with Crippen LogP contribution in [0.15, 0.2) is 133 Å². The molecule has 0 bridgehead atoms. The summed E-state index contributed by atoms with van der Waals surface area (Å²) in [5.41, 5.74) is 6.60. The van der Waals surface area contributed by atoms with Gasteiger partial charge in [0.1, 0.15) is 0 Å². The molecule has 0 amide bonds. The van der Waals surface area contributed by atoms with Gasteiger partial charge in [0.15, 0.2) is 0 Å². The molecular weight excluding hydrogens is 412 g/mol. The van der Waals surface area contributed by atoms with Crippen molar-refractivity contribution in [1.82, 2.24) is 0 Å². The first-order chi connectivity index (χ1) is 16.9. The topological polar surface area (TPSA) is 24.1 Å². The number of fused-ring (bicyclic) bond motifs is 2. The molecule has 0 saturated carbocycles. The maximum Gasteiger partial charge on any atom is 0.0703 e. The predicted octanol–water partition coefficient (Wildman–Crippen LogP) is 9.15. The molecule has 2 heteroatoms. The molecule has 34 heavy (non-hydrogen) atoms. The second-order valence-corrected chi connectivity index (χ2v) is 8.40. The molecule has 0 fully saturated rings. The number of hydrogen-bond donors (Lipinski definition) is 2. The van der Waals surface area contributed by atoms with Gasteiger partial charge in [-0.25, -0.2) is 0 Å². The zero-order chi connectivity index (χ0) is 22.7. The van der Waals surface area contributed by atoms with E-state index in [2.05, 4.69) is 132 Å². The molecule has 0 atom stereocenters. The van der Waals surface area contributed by atoms with Gasteiger partial charge in [-0.15, -0.1) is 0 Å². The predicted molar refractivity (Wildman–Crippen MR) is 146 cm³/mol. The van der Waals surface area contributed by atoms with Crippen molar-refractivity contribution in [2.75, 3.05) is 10.6 Å². The molecule has 0 heterocycles. The van der Waals surface area contributed by atoms with Crippen molar-refractivity contribution in [2.24, 2.45) is 0 Å². The van der Waals surface area contributed by atoms with Crippen LogP contribution in [0.25, 0.3) is 32.7 Å². The molecule has 0 saturated heterocycles. The lowest BCUT2D eigenvalue weighted by Gasteiger charge is -2.21. The van der Waals surface area contributed by atoms with E-state index in [1.54, 1.807) is 0 Å². The van der Waals surface area contributed by atoms with Crippen LogP contribution >= 0.6 is 0 Å². The number of para-hydroxylation sites is 3. The smallest absolute Gasteiger partial charge is 0.0703 e. The average molecular weight is 437 g/mol. The van der Waals surface area contributed by atoms with Crippen molar-refractivity contribution < 1.29 is 0 Å². The number of hydrogen-bond acceptors (Lipinski definition) is 2. The second kappa shape index (κ2) is 8.76. The summed E-state index contributed by atoms with van der Waals surface area (Å²) in [7, 11) is 0. The van der Waals surface area contributed by atoms with Gasteiger partial charge in [0.05, 0.1) is 11.4 Å². The molecule has 0 radical (unpaired) electrons. The lowest BCUT2D eigenvalue weighted by Crippen LogP contribution is -2.00. The highest BCUT2D eigenvalue weighted by Crippen LogP contribution is 2.43. The van der Waals surface area contributed by atoms with E-state index >= 15 is 0 Å². The van der Waals surface area contributed by atoms with E-state index in [1.807, 2.05) is 12.1 Å². The molecule has 0 aromatic heterocycles. The number of anilines is 4. The summed E-state index contributed by atoms with van der Waals surface area (Å²) in [6.07, 6.45) is 0. The van der Waals surface area contributed by atoms with E-state index in [9.17, 15) is 0 Å². The van der Waals surface area contributed by atoms with Gasteiger partial charge in [-0.2, -0.15) is 0 Å². The molecular formula is C32H24N2. The van der Waals surface area contributed by atoms with Gasteiger partial charge < -0.3 is 10.6 Å². The lowest BCUT2D eigenvalue weighted by atomic mass is 9.90. The van der Waals surface area contributed by atoms with Crippen molar-refractivity contribution in [3.05, 3.63) is 133 Å². The van der Waals surface area contributed by atoms with Crippen LogP contribution in [-0.4, -0.2) is 0 Å². The Bertz CT molecular complexity index is 1530. The lowest BCUT2D eigenvalue weighted by molar-refractivity contribution is 1.50. The van der Waals surface area contributed by atoms with Crippen molar-refractivity contribution in [2.45, 2.75) is 0 Å². The maximum atomic E-state index is 3.73. The highest BCUT2D eigenvalue weighted by molar-refractivity contribution is 6.15. The van der Waals surface area contributed by atoms with E-state index in [1.165, 1.54) is 27.1 Å². The Morgan fingerprint density at radius 2 is 0.941 bits per heavy atom. The van der Waals surface area contributed by atoms with E-state index in [4.69, 9.17) is 0 Å². The van der Waals surface area contributed by atoms with Gasteiger partial charge in [0, 0.05) is 16.9 Å². The molecule has 6 aromatic rings. The minimum Gasteiger partial charge on any atom is -0.354 e. The van der Waals surface area contributed by atoms with Crippen LogP contribution in [0.5, 0.6) is 0 Å². The van der Waals surface area contributed by atoms with Crippen LogP contribution in [-0.2, 0) is 0 Å². The zero-order valence-corrected chi connectivity index (χ0v) is 18.7. The molecule has 6 rings (SSSR count). The summed E-state index contributed by atoms with van der Waals surface area (Å²) >= 11 is 0. The molecule has 0 aliphatic rings. The van der Waals surface area contributed by atoms with Crippen LogP contribution in [0.1, 0.15) is 0 Å². The van der Waals surface area contributed by atoms with Gasteiger partial charge in [0.2, 0.25) is 0 Å². The highest BCUT2D eigenvalue weighted by atomic mass is 15.0.